The van der Waals surface area contributed by atoms with Gasteiger partial charge in [0.1, 0.15) is 0 Å². The van der Waals surface area contributed by atoms with Gasteiger partial charge in [-0.25, -0.2) is 0 Å². The Balaban J connectivity index is 1.59. The molecule has 0 aromatic heterocycles. The van der Waals surface area contributed by atoms with Gasteiger partial charge in [-0.2, -0.15) is 0 Å². The SMILES string of the molecule is COCCCC=C1CC2CC1C1CCCC21. The molecule has 3 aliphatic carbocycles. The van der Waals surface area contributed by atoms with Crippen LogP contribution in [0.15, 0.2) is 11.6 Å². The van der Waals surface area contributed by atoms with Gasteiger partial charge in [0.25, 0.3) is 0 Å². The molecule has 0 aliphatic heterocycles. The van der Waals surface area contributed by atoms with Crippen LogP contribution in [0.4, 0.5) is 0 Å². The summed E-state index contributed by atoms with van der Waals surface area (Å²) >= 11 is 0. The zero-order valence-corrected chi connectivity index (χ0v) is 10.5. The van der Waals surface area contributed by atoms with Gasteiger partial charge >= 0.3 is 0 Å². The number of hydrogen-bond acceptors (Lipinski definition) is 1. The monoisotopic (exact) mass is 220 g/mol. The molecule has 3 saturated carbocycles. The second-order valence-corrected chi connectivity index (χ2v) is 5.98. The minimum atomic E-state index is 0.921. The molecule has 0 radical (unpaired) electrons. The molecule has 3 rings (SSSR count). The topological polar surface area (TPSA) is 9.23 Å². The zero-order chi connectivity index (χ0) is 11.0. The summed E-state index contributed by atoms with van der Waals surface area (Å²) in [6.45, 7) is 0.921. The highest BCUT2D eigenvalue weighted by molar-refractivity contribution is 5.21. The quantitative estimate of drug-likeness (QED) is 0.517. The molecule has 4 unspecified atom stereocenters. The molecule has 16 heavy (non-hydrogen) atoms. The standard InChI is InChI=1S/C15H24O/c1-16-8-3-2-5-11-9-12-10-15(11)14-7-4-6-13(12)14/h5,12-15H,2-4,6-10H2,1H3. The van der Waals surface area contributed by atoms with E-state index in [0.29, 0.717) is 0 Å². The van der Waals surface area contributed by atoms with Crippen molar-refractivity contribution in [1.82, 2.24) is 0 Å². The number of unbranched alkanes of at least 4 members (excludes halogenated alkanes) is 1. The number of fused-ring (bicyclic) bond motifs is 5. The molecule has 1 nitrogen and oxygen atoms in total. The molecule has 90 valence electrons. The molecule has 0 heterocycles. The van der Waals surface area contributed by atoms with Crippen LogP contribution in [-0.4, -0.2) is 13.7 Å². The van der Waals surface area contributed by atoms with Crippen molar-refractivity contribution >= 4 is 0 Å². The van der Waals surface area contributed by atoms with Crippen molar-refractivity contribution in [2.45, 2.75) is 44.9 Å². The Bertz CT molecular complexity index is 281. The minimum absolute atomic E-state index is 0.921. The molecule has 3 fully saturated rings. The second-order valence-electron chi connectivity index (χ2n) is 5.98. The maximum Gasteiger partial charge on any atom is 0.0465 e. The lowest BCUT2D eigenvalue weighted by Crippen LogP contribution is -2.18. The van der Waals surface area contributed by atoms with Crippen molar-refractivity contribution in [3.05, 3.63) is 11.6 Å². The van der Waals surface area contributed by atoms with Gasteiger partial charge in [-0.05, 0) is 62.2 Å². The molecule has 0 amide bonds. The van der Waals surface area contributed by atoms with Gasteiger partial charge in [0.05, 0.1) is 0 Å². The number of methoxy groups -OCH3 is 1. The van der Waals surface area contributed by atoms with Crippen molar-refractivity contribution in [2.24, 2.45) is 23.7 Å². The van der Waals surface area contributed by atoms with Gasteiger partial charge in [-0.3, -0.25) is 0 Å². The lowest BCUT2D eigenvalue weighted by atomic mass is 9.79. The van der Waals surface area contributed by atoms with Crippen LogP contribution >= 0.6 is 0 Å². The number of rotatable bonds is 4. The van der Waals surface area contributed by atoms with Crippen LogP contribution in [0.1, 0.15) is 44.9 Å². The van der Waals surface area contributed by atoms with Crippen LogP contribution < -0.4 is 0 Å². The van der Waals surface area contributed by atoms with Crippen LogP contribution in [0, 0.1) is 23.7 Å². The molecule has 0 aromatic carbocycles. The van der Waals surface area contributed by atoms with Crippen LogP contribution in [-0.2, 0) is 4.74 Å². The lowest BCUT2D eigenvalue weighted by Gasteiger charge is -2.26. The Morgan fingerprint density at radius 2 is 2.19 bits per heavy atom. The van der Waals surface area contributed by atoms with E-state index in [4.69, 9.17) is 4.74 Å². The van der Waals surface area contributed by atoms with E-state index in [1.54, 1.807) is 13.5 Å². The molecular weight excluding hydrogens is 196 g/mol. The maximum absolute atomic E-state index is 5.11. The lowest BCUT2D eigenvalue weighted by molar-refractivity contribution is 0.195. The molecular formula is C15H24O. The highest BCUT2D eigenvalue weighted by Crippen LogP contribution is 2.60. The highest BCUT2D eigenvalue weighted by atomic mass is 16.5. The Morgan fingerprint density at radius 1 is 1.31 bits per heavy atom. The van der Waals surface area contributed by atoms with Crippen molar-refractivity contribution < 1.29 is 4.74 Å². The summed E-state index contributed by atoms with van der Waals surface area (Å²) in [5.41, 5.74) is 1.82. The van der Waals surface area contributed by atoms with Crippen molar-refractivity contribution in [1.29, 1.82) is 0 Å². The van der Waals surface area contributed by atoms with E-state index in [0.717, 1.165) is 30.3 Å². The third-order valence-corrected chi connectivity index (χ3v) is 5.24. The minimum Gasteiger partial charge on any atom is -0.385 e. The van der Waals surface area contributed by atoms with E-state index < -0.39 is 0 Å². The Hall–Kier alpha value is -0.300. The molecule has 2 bridgehead atoms. The van der Waals surface area contributed by atoms with Gasteiger partial charge in [-0.15, -0.1) is 0 Å². The molecule has 1 heteroatoms. The van der Waals surface area contributed by atoms with Gasteiger partial charge in [0.15, 0.2) is 0 Å². The zero-order valence-electron chi connectivity index (χ0n) is 10.5. The van der Waals surface area contributed by atoms with E-state index in [1.165, 1.54) is 38.5 Å². The average molecular weight is 220 g/mol. The van der Waals surface area contributed by atoms with E-state index in [1.807, 2.05) is 5.57 Å². The third-order valence-electron chi connectivity index (χ3n) is 5.24. The summed E-state index contributed by atoms with van der Waals surface area (Å²) < 4.78 is 5.11. The fraction of sp³-hybridized carbons (Fsp3) is 0.867. The van der Waals surface area contributed by atoms with Gasteiger partial charge in [0.2, 0.25) is 0 Å². The van der Waals surface area contributed by atoms with E-state index >= 15 is 0 Å². The summed E-state index contributed by atoms with van der Waals surface area (Å²) in [5.74, 6) is 4.29. The predicted molar refractivity (Wildman–Crippen MR) is 66.2 cm³/mol. The van der Waals surface area contributed by atoms with Crippen LogP contribution in [0.2, 0.25) is 0 Å². The molecule has 0 aromatic rings. The Labute approximate surface area is 99.3 Å². The Morgan fingerprint density at radius 3 is 3.06 bits per heavy atom. The second kappa shape index (κ2) is 4.52. The summed E-state index contributed by atoms with van der Waals surface area (Å²) in [6.07, 6.45) is 12.6. The first-order valence-corrected chi connectivity index (χ1v) is 7.08. The third kappa shape index (κ3) is 1.73. The highest BCUT2D eigenvalue weighted by Gasteiger charge is 2.51. The largest absolute Gasteiger partial charge is 0.385 e. The van der Waals surface area contributed by atoms with E-state index in [9.17, 15) is 0 Å². The summed E-state index contributed by atoms with van der Waals surface area (Å²) in [5, 5.41) is 0. The van der Waals surface area contributed by atoms with Crippen molar-refractivity contribution in [2.75, 3.05) is 13.7 Å². The van der Waals surface area contributed by atoms with E-state index in [-0.39, 0.29) is 0 Å². The van der Waals surface area contributed by atoms with Crippen LogP contribution in [0.5, 0.6) is 0 Å². The Kier molecular flexibility index (Phi) is 3.06. The first-order valence-electron chi connectivity index (χ1n) is 7.08. The number of hydrogen-bond donors (Lipinski definition) is 0. The predicted octanol–water partition coefficient (Wildman–Crippen LogP) is 3.80. The van der Waals surface area contributed by atoms with Gasteiger partial charge in [-0.1, -0.05) is 18.1 Å². The van der Waals surface area contributed by atoms with Crippen molar-refractivity contribution in [3.8, 4) is 0 Å². The summed E-state index contributed by atoms with van der Waals surface area (Å²) in [4.78, 5) is 0. The van der Waals surface area contributed by atoms with Crippen LogP contribution in [0.3, 0.4) is 0 Å². The normalized spacial score (nSPS) is 43.2. The molecule has 0 N–H and O–H groups in total. The summed E-state index contributed by atoms with van der Waals surface area (Å²) in [6, 6.07) is 0. The summed E-state index contributed by atoms with van der Waals surface area (Å²) in [7, 11) is 1.80. The van der Waals surface area contributed by atoms with E-state index in [2.05, 4.69) is 6.08 Å². The van der Waals surface area contributed by atoms with Crippen LogP contribution in [0.25, 0.3) is 0 Å². The smallest absolute Gasteiger partial charge is 0.0465 e. The number of allylic oxidation sites excluding steroid dienone is 2. The fourth-order valence-corrected chi connectivity index (χ4v) is 4.64. The fourth-order valence-electron chi connectivity index (χ4n) is 4.64. The maximum atomic E-state index is 5.11. The number of ether oxygens (including phenoxy) is 1. The van der Waals surface area contributed by atoms with Gasteiger partial charge in [0, 0.05) is 13.7 Å². The van der Waals surface area contributed by atoms with Crippen molar-refractivity contribution in [3.63, 3.8) is 0 Å². The molecule has 0 saturated heterocycles. The molecule has 0 spiro atoms. The van der Waals surface area contributed by atoms with Gasteiger partial charge < -0.3 is 4.74 Å². The first kappa shape index (κ1) is 10.8. The molecule has 4 atom stereocenters. The molecule has 3 aliphatic rings. The first-order chi connectivity index (χ1) is 7.90. The average Bonchev–Trinajstić information content (AvgIpc) is 2.95.